The minimum atomic E-state index is -1.43. The lowest BCUT2D eigenvalue weighted by atomic mass is 10.1. The van der Waals surface area contributed by atoms with Crippen molar-refractivity contribution in [3.05, 3.63) is 21.7 Å². The third-order valence-corrected chi connectivity index (χ3v) is 2.93. The van der Waals surface area contributed by atoms with E-state index < -0.39 is 42.7 Å². The van der Waals surface area contributed by atoms with E-state index in [9.17, 15) is 20.1 Å². The van der Waals surface area contributed by atoms with Gasteiger partial charge in [-0.2, -0.15) is 4.98 Å². The van der Waals surface area contributed by atoms with Crippen LogP contribution >= 0.6 is 11.6 Å². The van der Waals surface area contributed by atoms with Crippen LogP contribution in [0.4, 0.5) is 0 Å². The van der Waals surface area contributed by atoms with Crippen molar-refractivity contribution in [3.8, 4) is 5.88 Å². The van der Waals surface area contributed by atoms with Crippen LogP contribution in [-0.2, 0) is 9.84 Å². The summed E-state index contributed by atoms with van der Waals surface area (Å²) < 4.78 is 5.91. The van der Waals surface area contributed by atoms with E-state index in [0.29, 0.717) is 0 Å². The van der Waals surface area contributed by atoms with Crippen LogP contribution in [0.1, 0.15) is 6.23 Å². The first-order chi connectivity index (χ1) is 8.45. The van der Waals surface area contributed by atoms with E-state index >= 15 is 0 Å². The fourth-order valence-corrected chi connectivity index (χ4v) is 1.87. The third kappa shape index (κ3) is 2.08. The largest absolute Gasteiger partial charge is 0.394 e. The Kier molecular flexibility index (Phi) is 3.55. The summed E-state index contributed by atoms with van der Waals surface area (Å²) in [5.41, 5.74) is -0.959. The molecule has 1 aliphatic heterocycles. The average molecular weight is 278 g/mol. The first-order valence-electron chi connectivity index (χ1n) is 5.04. The Bertz CT molecular complexity index is 506. The van der Waals surface area contributed by atoms with Gasteiger partial charge >= 0.3 is 5.69 Å². The smallest absolute Gasteiger partial charge is 0.353 e. The molecular formula is C9H10ClN2O6. The Balaban J connectivity index is 2.39. The second-order valence-electron chi connectivity index (χ2n) is 3.81. The van der Waals surface area contributed by atoms with Gasteiger partial charge in [-0.15, -0.1) is 0 Å². The molecule has 0 aromatic carbocycles. The van der Waals surface area contributed by atoms with Crippen LogP contribution in [0.3, 0.4) is 0 Å². The van der Waals surface area contributed by atoms with Gasteiger partial charge in [0.15, 0.2) is 6.23 Å². The summed E-state index contributed by atoms with van der Waals surface area (Å²) in [4.78, 5) is 14.6. The molecule has 0 spiro atoms. The van der Waals surface area contributed by atoms with Crippen molar-refractivity contribution in [1.29, 1.82) is 0 Å². The number of aliphatic hydroxyl groups is 3. The summed E-state index contributed by atoms with van der Waals surface area (Å²) in [6.07, 6.45) is -4.09. The Hall–Kier alpha value is -1.19. The number of nitrogens with zero attached hydrogens (tertiary/aromatic N) is 2. The van der Waals surface area contributed by atoms with Crippen LogP contribution in [-0.4, -0.2) is 49.8 Å². The van der Waals surface area contributed by atoms with Crippen LogP contribution in [0.5, 0.6) is 5.88 Å². The van der Waals surface area contributed by atoms with Crippen LogP contribution in [0.2, 0.25) is 5.02 Å². The molecule has 1 radical (unpaired) electrons. The highest BCUT2D eigenvalue weighted by atomic mass is 35.5. The fourth-order valence-electron chi connectivity index (χ4n) is 1.72. The third-order valence-electron chi connectivity index (χ3n) is 2.67. The van der Waals surface area contributed by atoms with Gasteiger partial charge < -0.3 is 20.1 Å². The maximum atomic E-state index is 11.5. The molecule has 4 unspecified atom stereocenters. The number of hydrogen-bond donors (Lipinski definition) is 3. The van der Waals surface area contributed by atoms with Crippen molar-refractivity contribution in [2.45, 2.75) is 24.5 Å². The van der Waals surface area contributed by atoms with Gasteiger partial charge in [0.2, 0.25) is 0 Å². The zero-order chi connectivity index (χ0) is 13.4. The number of aliphatic hydroxyl groups excluding tert-OH is 3. The van der Waals surface area contributed by atoms with Crippen molar-refractivity contribution < 1.29 is 25.2 Å². The Morgan fingerprint density at radius 1 is 1.44 bits per heavy atom. The highest BCUT2D eigenvalue weighted by molar-refractivity contribution is 6.31. The van der Waals surface area contributed by atoms with E-state index in [4.69, 9.17) is 21.4 Å². The topological polar surface area (TPSA) is 125 Å². The molecule has 0 bridgehead atoms. The van der Waals surface area contributed by atoms with E-state index in [1.165, 1.54) is 0 Å². The Morgan fingerprint density at radius 3 is 2.67 bits per heavy atom. The van der Waals surface area contributed by atoms with Crippen molar-refractivity contribution in [1.82, 2.24) is 9.55 Å². The normalized spacial score (nSPS) is 31.8. The molecule has 1 aliphatic rings. The van der Waals surface area contributed by atoms with Gasteiger partial charge in [0.25, 0.3) is 5.88 Å². The number of hydrogen-bond acceptors (Lipinski definition) is 6. The summed E-state index contributed by atoms with van der Waals surface area (Å²) in [6, 6.07) is 0. The van der Waals surface area contributed by atoms with Gasteiger partial charge in [-0.05, 0) is 0 Å². The molecule has 9 heteroatoms. The van der Waals surface area contributed by atoms with E-state index in [2.05, 4.69) is 4.98 Å². The van der Waals surface area contributed by atoms with Crippen LogP contribution in [0, 0.1) is 0 Å². The fraction of sp³-hybridized carbons (Fsp3) is 0.556. The Morgan fingerprint density at radius 2 is 2.11 bits per heavy atom. The molecule has 18 heavy (non-hydrogen) atoms. The molecule has 0 amide bonds. The number of rotatable bonds is 2. The van der Waals surface area contributed by atoms with E-state index in [-0.39, 0.29) is 5.02 Å². The van der Waals surface area contributed by atoms with Gasteiger partial charge in [-0.25, -0.2) is 4.79 Å². The number of ether oxygens (including phenoxy) is 1. The molecule has 0 aliphatic carbocycles. The molecule has 1 saturated heterocycles. The summed E-state index contributed by atoms with van der Waals surface area (Å²) in [6.45, 7) is -0.524. The number of aromatic nitrogens is 2. The van der Waals surface area contributed by atoms with E-state index in [0.717, 1.165) is 10.8 Å². The first kappa shape index (κ1) is 13.2. The highest BCUT2D eigenvalue weighted by Crippen LogP contribution is 2.29. The van der Waals surface area contributed by atoms with Gasteiger partial charge in [-0.1, -0.05) is 11.6 Å². The molecule has 1 aromatic rings. The van der Waals surface area contributed by atoms with Crippen LogP contribution in [0.15, 0.2) is 11.0 Å². The Labute approximate surface area is 106 Å². The molecule has 1 aromatic heterocycles. The first-order valence-corrected chi connectivity index (χ1v) is 5.41. The second kappa shape index (κ2) is 4.82. The molecule has 8 nitrogen and oxygen atoms in total. The summed E-state index contributed by atoms with van der Waals surface area (Å²) in [5.74, 6) is -0.885. The lowest BCUT2D eigenvalue weighted by Crippen LogP contribution is -2.35. The quantitative estimate of drug-likeness (QED) is 0.614. The number of halogens is 1. The summed E-state index contributed by atoms with van der Waals surface area (Å²) in [5, 5.41) is 38.9. The molecule has 1 fully saturated rings. The molecule has 0 saturated carbocycles. The van der Waals surface area contributed by atoms with Gasteiger partial charge in [-0.3, -0.25) is 9.67 Å². The van der Waals surface area contributed by atoms with Crippen LogP contribution in [0.25, 0.3) is 0 Å². The van der Waals surface area contributed by atoms with Crippen molar-refractivity contribution in [2.75, 3.05) is 6.61 Å². The molecule has 2 rings (SSSR count). The highest BCUT2D eigenvalue weighted by Gasteiger charge is 2.43. The molecule has 99 valence electrons. The van der Waals surface area contributed by atoms with Crippen molar-refractivity contribution in [2.24, 2.45) is 0 Å². The minimum absolute atomic E-state index is 0.313. The molecule has 2 heterocycles. The standard InChI is InChI=1S/C9H10ClN2O6/c10-3-1-12(9(17)11-7(3)16)8-6(15)5(14)4(2-13)18-8/h1,4-6,8,13-15H,2H2. The zero-order valence-electron chi connectivity index (χ0n) is 8.93. The second-order valence-corrected chi connectivity index (χ2v) is 4.22. The van der Waals surface area contributed by atoms with Gasteiger partial charge in [0, 0.05) is 6.20 Å². The van der Waals surface area contributed by atoms with Gasteiger partial charge in [0.05, 0.1) is 6.61 Å². The van der Waals surface area contributed by atoms with Crippen molar-refractivity contribution in [3.63, 3.8) is 0 Å². The van der Waals surface area contributed by atoms with Crippen molar-refractivity contribution >= 4 is 11.6 Å². The van der Waals surface area contributed by atoms with Gasteiger partial charge in [0.1, 0.15) is 23.3 Å². The average Bonchev–Trinajstić information content (AvgIpc) is 2.61. The maximum Gasteiger partial charge on any atom is 0.353 e. The predicted molar refractivity (Wildman–Crippen MR) is 56.6 cm³/mol. The monoisotopic (exact) mass is 277 g/mol. The summed E-state index contributed by atoms with van der Waals surface area (Å²) in [7, 11) is 0. The van der Waals surface area contributed by atoms with E-state index in [1.54, 1.807) is 0 Å². The zero-order valence-corrected chi connectivity index (χ0v) is 9.69. The lowest BCUT2D eigenvalue weighted by Gasteiger charge is -2.16. The van der Waals surface area contributed by atoms with E-state index in [1.807, 2.05) is 0 Å². The molecule has 3 N–H and O–H groups in total. The summed E-state index contributed by atoms with van der Waals surface area (Å²) >= 11 is 5.53. The predicted octanol–water partition coefficient (Wildman–Crippen LogP) is -1.35. The molecular weight excluding hydrogens is 268 g/mol. The molecule has 4 atom stereocenters. The van der Waals surface area contributed by atoms with Crippen LogP contribution < -0.4 is 5.69 Å². The maximum absolute atomic E-state index is 11.5. The minimum Gasteiger partial charge on any atom is -0.394 e. The lowest BCUT2D eigenvalue weighted by molar-refractivity contribution is -0.0551. The SMILES string of the molecule is [O]c1nc(=O)n(C2OC(CO)C(O)C2O)cc1Cl.